The number of anilines is 1. The molecule has 0 aliphatic rings. The zero-order valence-electron chi connectivity index (χ0n) is 14.7. The van der Waals surface area contributed by atoms with Crippen molar-refractivity contribution in [3.05, 3.63) is 47.2 Å². The number of aromatic nitrogens is 2. The third-order valence-corrected chi connectivity index (χ3v) is 4.24. The molecule has 1 amide bonds. The van der Waals surface area contributed by atoms with Gasteiger partial charge in [-0.25, -0.2) is 4.98 Å². The summed E-state index contributed by atoms with van der Waals surface area (Å²) in [4.78, 5) is 20.6. The molecule has 26 heavy (non-hydrogen) atoms. The molecule has 0 unspecified atom stereocenters. The van der Waals surface area contributed by atoms with Gasteiger partial charge in [-0.15, -0.1) is 0 Å². The van der Waals surface area contributed by atoms with Gasteiger partial charge < -0.3 is 14.8 Å². The van der Waals surface area contributed by atoms with Crippen LogP contribution in [-0.4, -0.2) is 36.7 Å². The predicted molar refractivity (Wildman–Crippen MR) is 102 cm³/mol. The van der Waals surface area contributed by atoms with E-state index in [1.54, 1.807) is 25.6 Å². The first kappa shape index (κ1) is 18.1. The van der Waals surface area contributed by atoms with Crippen molar-refractivity contribution in [2.75, 3.05) is 26.1 Å². The van der Waals surface area contributed by atoms with Crippen LogP contribution < -0.4 is 10.1 Å². The monoisotopic (exact) mass is 371 g/mol. The molecule has 0 bridgehead atoms. The lowest BCUT2D eigenvalue weighted by atomic mass is 10.0. The van der Waals surface area contributed by atoms with E-state index >= 15 is 0 Å². The zero-order valence-corrected chi connectivity index (χ0v) is 15.4. The molecule has 3 rings (SSSR count). The molecular weight excluding hydrogens is 354 g/mol. The molecule has 134 valence electrons. The van der Waals surface area contributed by atoms with Gasteiger partial charge in [-0.05, 0) is 36.8 Å². The molecule has 0 aliphatic carbocycles. The summed E-state index contributed by atoms with van der Waals surface area (Å²) in [5.41, 5.74) is 3.81. The molecule has 1 N–H and O–H groups in total. The number of hydrogen-bond acceptors (Lipinski definition) is 5. The maximum absolute atomic E-state index is 11.9. The van der Waals surface area contributed by atoms with Crippen LogP contribution in [0.25, 0.3) is 22.2 Å². The molecule has 7 heteroatoms. The highest BCUT2D eigenvalue weighted by molar-refractivity contribution is 6.33. The smallest absolute Gasteiger partial charge is 0.250 e. The van der Waals surface area contributed by atoms with Crippen molar-refractivity contribution < 1.29 is 14.3 Å². The molecule has 0 saturated carbocycles. The molecule has 1 aromatic carbocycles. The average Bonchev–Trinajstić information content (AvgIpc) is 2.61. The standard InChI is InChI=1S/C19H18ClN3O3/c1-11-6-15(12-4-5-21-9-14(12)20)22-16-8-17(23-19(24)10-25-2)18(26-3)7-13(11)16/h4-9H,10H2,1-3H3,(H,23,24). The number of carbonyl (C=O) groups excluding carboxylic acids is 1. The normalized spacial score (nSPS) is 10.8. The maximum atomic E-state index is 11.9. The number of benzene rings is 1. The number of carbonyl (C=O) groups is 1. The molecule has 0 aliphatic heterocycles. The van der Waals surface area contributed by atoms with Crippen LogP contribution in [0.15, 0.2) is 36.7 Å². The third kappa shape index (κ3) is 3.61. The van der Waals surface area contributed by atoms with E-state index in [1.807, 2.05) is 25.1 Å². The van der Waals surface area contributed by atoms with Gasteiger partial charge in [-0.1, -0.05) is 11.6 Å². The van der Waals surface area contributed by atoms with E-state index in [0.717, 1.165) is 27.7 Å². The van der Waals surface area contributed by atoms with Crippen LogP contribution in [0.1, 0.15) is 5.56 Å². The van der Waals surface area contributed by atoms with Crippen LogP contribution in [0.2, 0.25) is 5.02 Å². The lowest BCUT2D eigenvalue weighted by Gasteiger charge is -2.14. The van der Waals surface area contributed by atoms with Gasteiger partial charge in [-0.3, -0.25) is 9.78 Å². The Morgan fingerprint density at radius 1 is 1.27 bits per heavy atom. The summed E-state index contributed by atoms with van der Waals surface area (Å²) in [6, 6.07) is 7.43. The van der Waals surface area contributed by atoms with Crippen LogP contribution >= 0.6 is 11.6 Å². The van der Waals surface area contributed by atoms with Crippen molar-refractivity contribution in [2.45, 2.75) is 6.92 Å². The SMILES string of the molecule is COCC(=O)Nc1cc2nc(-c3ccncc3Cl)cc(C)c2cc1OC. The lowest BCUT2D eigenvalue weighted by Crippen LogP contribution is -2.17. The van der Waals surface area contributed by atoms with Crippen molar-refractivity contribution in [2.24, 2.45) is 0 Å². The summed E-state index contributed by atoms with van der Waals surface area (Å²) < 4.78 is 10.3. The number of fused-ring (bicyclic) bond motifs is 1. The molecule has 6 nitrogen and oxygen atoms in total. The molecule has 3 aromatic rings. The molecule has 0 radical (unpaired) electrons. The number of pyridine rings is 2. The number of amides is 1. The largest absolute Gasteiger partial charge is 0.495 e. The van der Waals surface area contributed by atoms with Gasteiger partial charge in [0.1, 0.15) is 12.4 Å². The Morgan fingerprint density at radius 2 is 2.08 bits per heavy atom. The Morgan fingerprint density at radius 3 is 2.77 bits per heavy atom. The molecule has 0 fully saturated rings. The fourth-order valence-corrected chi connectivity index (χ4v) is 2.94. The van der Waals surface area contributed by atoms with E-state index in [0.29, 0.717) is 16.5 Å². The van der Waals surface area contributed by atoms with Crippen LogP contribution in [0, 0.1) is 6.92 Å². The summed E-state index contributed by atoms with van der Waals surface area (Å²) in [6.45, 7) is 1.95. The minimum Gasteiger partial charge on any atom is -0.495 e. The summed E-state index contributed by atoms with van der Waals surface area (Å²) in [5, 5.41) is 4.24. The molecule has 2 heterocycles. The topological polar surface area (TPSA) is 73.3 Å². The predicted octanol–water partition coefficient (Wildman–Crippen LogP) is 3.85. The number of rotatable bonds is 5. The van der Waals surface area contributed by atoms with Gasteiger partial charge in [0.05, 0.1) is 29.0 Å². The summed E-state index contributed by atoms with van der Waals surface area (Å²) >= 11 is 6.25. The molecule has 2 aromatic heterocycles. The van der Waals surface area contributed by atoms with Gasteiger partial charge >= 0.3 is 0 Å². The van der Waals surface area contributed by atoms with E-state index in [2.05, 4.69) is 10.3 Å². The minimum absolute atomic E-state index is 0.0414. The van der Waals surface area contributed by atoms with Crippen LogP contribution in [0.3, 0.4) is 0 Å². The fourth-order valence-electron chi connectivity index (χ4n) is 2.73. The van der Waals surface area contributed by atoms with Crippen molar-refractivity contribution in [3.63, 3.8) is 0 Å². The second-order valence-corrected chi connectivity index (χ2v) is 6.14. The maximum Gasteiger partial charge on any atom is 0.250 e. The lowest BCUT2D eigenvalue weighted by molar-refractivity contribution is -0.119. The van der Waals surface area contributed by atoms with Crippen LogP contribution in [0.5, 0.6) is 5.75 Å². The summed E-state index contributed by atoms with van der Waals surface area (Å²) in [5.74, 6) is 0.289. The van der Waals surface area contributed by atoms with E-state index in [9.17, 15) is 4.79 Å². The van der Waals surface area contributed by atoms with Crippen molar-refractivity contribution in [1.29, 1.82) is 0 Å². The molecule has 0 spiro atoms. The Balaban J connectivity index is 2.14. The van der Waals surface area contributed by atoms with Crippen LogP contribution in [-0.2, 0) is 9.53 Å². The Labute approximate surface area is 156 Å². The van der Waals surface area contributed by atoms with E-state index in [-0.39, 0.29) is 12.5 Å². The second-order valence-electron chi connectivity index (χ2n) is 5.73. The quantitative estimate of drug-likeness (QED) is 0.737. The van der Waals surface area contributed by atoms with Crippen molar-refractivity contribution in [3.8, 4) is 17.0 Å². The number of nitrogens with one attached hydrogen (secondary N) is 1. The number of nitrogens with zero attached hydrogens (tertiary/aromatic N) is 2. The first-order valence-corrected chi connectivity index (χ1v) is 8.29. The van der Waals surface area contributed by atoms with E-state index in [4.69, 9.17) is 26.1 Å². The van der Waals surface area contributed by atoms with E-state index in [1.165, 1.54) is 7.11 Å². The Bertz CT molecular complexity index is 976. The minimum atomic E-state index is -0.268. The first-order chi connectivity index (χ1) is 12.5. The number of methoxy groups -OCH3 is 2. The van der Waals surface area contributed by atoms with Crippen LogP contribution in [0.4, 0.5) is 5.69 Å². The third-order valence-electron chi connectivity index (χ3n) is 3.93. The number of aryl methyl sites for hydroxylation is 1. The fraction of sp³-hybridized carbons (Fsp3) is 0.211. The summed E-state index contributed by atoms with van der Waals surface area (Å²) in [7, 11) is 3.02. The van der Waals surface area contributed by atoms with Gasteiger partial charge in [0.15, 0.2) is 0 Å². The van der Waals surface area contributed by atoms with Gasteiger partial charge in [0, 0.05) is 30.5 Å². The zero-order chi connectivity index (χ0) is 18.7. The second kappa shape index (κ2) is 7.68. The molecule has 0 saturated heterocycles. The van der Waals surface area contributed by atoms with Gasteiger partial charge in [0.2, 0.25) is 5.91 Å². The highest BCUT2D eigenvalue weighted by Crippen LogP contribution is 2.34. The molecule has 0 atom stereocenters. The van der Waals surface area contributed by atoms with E-state index < -0.39 is 0 Å². The highest BCUT2D eigenvalue weighted by atomic mass is 35.5. The van der Waals surface area contributed by atoms with Gasteiger partial charge in [-0.2, -0.15) is 0 Å². The molecular formula is C19H18ClN3O3. The number of ether oxygens (including phenoxy) is 2. The summed E-state index contributed by atoms with van der Waals surface area (Å²) in [6.07, 6.45) is 3.26. The highest BCUT2D eigenvalue weighted by Gasteiger charge is 2.13. The Hall–Kier alpha value is -2.70. The number of halogens is 1. The number of hydrogen-bond donors (Lipinski definition) is 1. The average molecular weight is 372 g/mol. The first-order valence-electron chi connectivity index (χ1n) is 7.91. The van der Waals surface area contributed by atoms with Crippen molar-refractivity contribution in [1.82, 2.24) is 9.97 Å². The Kier molecular flexibility index (Phi) is 5.35. The van der Waals surface area contributed by atoms with Crippen molar-refractivity contribution >= 4 is 34.1 Å². The van der Waals surface area contributed by atoms with Gasteiger partial charge in [0.25, 0.3) is 0 Å².